The number of para-hydroxylation sites is 1. The van der Waals surface area contributed by atoms with Crippen LogP contribution in [0.25, 0.3) is 0 Å². The van der Waals surface area contributed by atoms with Gasteiger partial charge in [-0.25, -0.2) is 9.07 Å². The van der Waals surface area contributed by atoms with E-state index in [9.17, 15) is 9.18 Å². The summed E-state index contributed by atoms with van der Waals surface area (Å²) in [6.07, 6.45) is 3.65. The van der Waals surface area contributed by atoms with Gasteiger partial charge in [0.2, 0.25) is 0 Å². The molecular weight excluding hydrogens is 361 g/mol. The van der Waals surface area contributed by atoms with E-state index in [1.54, 1.807) is 36.1 Å². The van der Waals surface area contributed by atoms with Crippen molar-refractivity contribution in [3.63, 3.8) is 0 Å². The Balaban J connectivity index is 0.00000243. The molecule has 1 amide bonds. The number of carbonyl (C=O) groups is 1. The number of rotatable bonds is 6. The third-order valence-electron chi connectivity index (χ3n) is 4.28. The molecule has 2 heterocycles. The van der Waals surface area contributed by atoms with Crippen molar-refractivity contribution in [2.24, 2.45) is 0 Å². The van der Waals surface area contributed by atoms with E-state index in [0.717, 1.165) is 25.9 Å². The van der Waals surface area contributed by atoms with Crippen LogP contribution >= 0.6 is 12.4 Å². The normalized spacial score (nSPS) is 14.5. The number of aromatic nitrogens is 3. The van der Waals surface area contributed by atoms with Gasteiger partial charge in [0.1, 0.15) is 6.61 Å². The minimum atomic E-state index is -0.415. The monoisotopic (exact) mass is 383 g/mol. The lowest BCUT2D eigenvalue weighted by Gasteiger charge is -2.22. The lowest BCUT2D eigenvalue weighted by atomic mass is 10.1. The van der Waals surface area contributed by atoms with Crippen LogP contribution in [0.5, 0.6) is 5.75 Å². The van der Waals surface area contributed by atoms with Crippen LogP contribution in [0.3, 0.4) is 0 Å². The highest BCUT2D eigenvalue weighted by Crippen LogP contribution is 2.17. The summed E-state index contributed by atoms with van der Waals surface area (Å²) in [4.78, 5) is 13.9. The van der Waals surface area contributed by atoms with Crippen molar-refractivity contribution in [1.82, 2.24) is 25.2 Å². The summed E-state index contributed by atoms with van der Waals surface area (Å²) in [5.74, 6) is -0.459. The third-order valence-corrected chi connectivity index (χ3v) is 4.28. The molecule has 26 heavy (non-hydrogen) atoms. The first kappa shape index (κ1) is 20.1. The number of piperidine rings is 1. The van der Waals surface area contributed by atoms with E-state index < -0.39 is 5.82 Å². The first-order chi connectivity index (χ1) is 12.1. The molecule has 2 aromatic rings. The van der Waals surface area contributed by atoms with Gasteiger partial charge in [0.15, 0.2) is 17.3 Å². The maximum Gasteiger partial charge on any atom is 0.275 e. The van der Waals surface area contributed by atoms with Crippen molar-refractivity contribution in [2.45, 2.75) is 18.9 Å². The minimum Gasteiger partial charge on any atom is -0.489 e. The molecule has 1 fully saturated rings. The van der Waals surface area contributed by atoms with Crippen LogP contribution in [-0.4, -0.2) is 59.1 Å². The number of carbonyl (C=O) groups excluding carboxylic acids is 1. The van der Waals surface area contributed by atoms with E-state index in [2.05, 4.69) is 15.6 Å². The van der Waals surface area contributed by atoms with Crippen molar-refractivity contribution < 1.29 is 13.9 Å². The van der Waals surface area contributed by atoms with Crippen LogP contribution in [0, 0.1) is 5.82 Å². The SMILES string of the molecule is CN(CCOc1ccccc1F)C(=O)c1cn(C2CCNCC2)nn1.Cl. The van der Waals surface area contributed by atoms with Crippen LogP contribution in [0.1, 0.15) is 29.4 Å². The Bertz CT molecular complexity index is 721. The summed E-state index contributed by atoms with van der Waals surface area (Å²) < 4.78 is 20.6. The zero-order valence-corrected chi connectivity index (χ0v) is 15.4. The van der Waals surface area contributed by atoms with Crippen LogP contribution in [0.15, 0.2) is 30.5 Å². The Morgan fingerprint density at radius 2 is 2.12 bits per heavy atom. The van der Waals surface area contributed by atoms with E-state index in [-0.39, 0.29) is 36.7 Å². The van der Waals surface area contributed by atoms with Gasteiger partial charge in [-0.1, -0.05) is 17.3 Å². The molecule has 1 N–H and O–H groups in total. The maximum absolute atomic E-state index is 13.5. The Kier molecular flexibility index (Phi) is 7.35. The van der Waals surface area contributed by atoms with Crippen LogP contribution in [0.2, 0.25) is 0 Å². The van der Waals surface area contributed by atoms with E-state index in [1.807, 2.05) is 0 Å². The molecule has 0 saturated carbocycles. The van der Waals surface area contributed by atoms with Crippen LogP contribution < -0.4 is 10.1 Å². The lowest BCUT2D eigenvalue weighted by molar-refractivity contribution is 0.0767. The maximum atomic E-state index is 13.5. The number of nitrogens with one attached hydrogen (secondary N) is 1. The summed E-state index contributed by atoms with van der Waals surface area (Å²) in [6.45, 7) is 2.42. The summed E-state index contributed by atoms with van der Waals surface area (Å²) in [6, 6.07) is 6.48. The van der Waals surface area contributed by atoms with Crippen LogP contribution in [0.4, 0.5) is 4.39 Å². The van der Waals surface area contributed by atoms with Crippen molar-refractivity contribution in [3.8, 4) is 5.75 Å². The topological polar surface area (TPSA) is 72.3 Å². The fourth-order valence-electron chi connectivity index (χ4n) is 2.78. The minimum absolute atomic E-state index is 0. The standard InChI is InChI=1S/C17H22FN5O2.ClH/c1-22(10-11-25-16-5-3-2-4-14(16)18)17(24)15-12-23(21-20-15)13-6-8-19-9-7-13;/h2-5,12-13,19H,6-11H2,1H3;1H. The van der Waals surface area contributed by atoms with Crippen molar-refractivity contribution in [3.05, 3.63) is 42.0 Å². The fourth-order valence-corrected chi connectivity index (χ4v) is 2.78. The zero-order valence-electron chi connectivity index (χ0n) is 14.6. The first-order valence-corrected chi connectivity index (χ1v) is 8.40. The van der Waals surface area contributed by atoms with Crippen molar-refractivity contribution >= 4 is 18.3 Å². The van der Waals surface area contributed by atoms with Gasteiger partial charge in [-0.15, -0.1) is 17.5 Å². The Morgan fingerprint density at radius 1 is 1.38 bits per heavy atom. The Hall–Kier alpha value is -2.19. The summed E-state index contributed by atoms with van der Waals surface area (Å²) in [5.41, 5.74) is 0.312. The third kappa shape index (κ3) is 4.92. The van der Waals surface area contributed by atoms with Gasteiger partial charge >= 0.3 is 0 Å². The molecule has 1 aliphatic rings. The number of hydrogen-bond acceptors (Lipinski definition) is 5. The van der Waals surface area contributed by atoms with E-state index in [0.29, 0.717) is 12.2 Å². The van der Waals surface area contributed by atoms with Gasteiger partial charge in [0.05, 0.1) is 18.8 Å². The second kappa shape index (κ2) is 9.49. The molecule has 0 bridgehead atoms. The molecule has 3 rings (SSSR count). The number of amides is 1. The summed E-state index contributed by atoms with van der Waals surface area (Å²) in [7, 11) is 1.66. The number of nitrogens with zero attached hydrogens (tertiary/aromatic N) is 4. The number of halogens is 2. The van der Waals surface area contributed by atoms with E-state index in [4.69, 9.17) is 4.74 Å². The van der Waals surface area contributed by atoms with Crippen molar-refractivity contribution in [2.75, 3.05) is 33.3 Å². The Morgan fingerprint density at radius 3 is 2.85 bits per heavy atom. The molecule has 1 saturated heterocycles. The van der Waals surface area contributed by atoms with Gasteiger partial charge in [-0.05, 0) is 38.1 Å². The highest BCUT2D eigenvalue weighted by molar-refractivity contribution is 5.91. The average Bonchev–Trinajstić information content (AvgIpc) is 3.13. The smallest absolute Gasteiger partial charge is 0.275 e. The molecule has 0 aliphatic carbocycles. The largest absolute Gasteiger partial charge is 0.489 e. The van der Waals surface area contributed by atoms with Gasteiger partial charge in [-0.2, -0.15) is 0 Å². The molecule has 0 radical (unpaired) electrons. The molecule has 9 heteroatoms. The first-order valence-electron chi connectivity index (χ1n) is 8.40. The van der Waals surface area contributed by atoms with Gasteiger partial charge in [-0.3, -0.25) is 4.79 Å². The predicted molar refractivity (Wildman–Crippen MR) is 97.3 cm³/mol. The molecule has 1 aliphatic heterocycles. The summed E-state index contributed by atoms with van der Waals surface area (Å²) in [5, 5.41) is 11.4. The van der Waals surface area contributed by atoms with E-state index >= 15 is 0 Å². The quantitative estimate of drug-likeness (QED) is 0.825. The number of ether oxygens (including phenoxy) is 1. The molecule has 142 valence electrons. The second-order valence-corrected chi connectivity index (χ2v) is 6.07. The summed E-state index contributed by atoms with van der Waals surface area (Å²) >= 11 is 0. The molecule has 7 nitrogen and oxygen atoms in total. The fraction of sp³-hybridized carbons (Fsp3) is 0.471. The molecule has 0 spiro atoms. The van der Waals surface area contributed by atoms with E-state index in [1.165, 1.54) is 11.0 Å². The zero-order chi connectivity index (χ0) is 17.6. The molecule has 1 aromatic carbocycles. The molecular formula is C17H23ClFN5O2. The number of hydrogen-bond donors (Lipinski definition) is 1. The van der Waals surface area contributed by atoms with Gasteiger partial charge < -0.3 is 15.0 Å². The predicted octanol–water partition coefficient (Wildman–Crippen LogP) is 1.91. The molecule has 0 atom stereocenters. The Labute approximate surface area is 157 Å². The number of likely N-dealkylation sites (N-methyl/N-ethyl adjacent to an activating group) is 1. The molecule has 1 aromatic heterocycles. The highest BCUT2D eigenvalue weighted by atomic mass is 35.5. The van der Waals surface area contributed by atoms with Crippen LogP contribution in [-0.2, 0) is 0 Å². The molecule has 0 unspecified atom stereocenters. The lowest BCUT2D eigenvalue weighted by Crippen LogP contribution is -2.31. The average molecular weight is 384 g/mol. The van der Waals surface area contributed by atoms with Crippen molar-refractivity contribution in [1.29, 1.82) is 0 Å². The number of benzene rings is 1. The highest BCUT2D eigenvalue weighted by Gasteiger charge is 2.20. The van der Waals surface area contributed by atoms with Gasteiger partial charge in [0, 0.05) is 7.05 Å². The second-order valence-electron chi connectivity index (χ2n) is 6.07. The van der Waals surface area contributed by atoms with Gasteiger partial charge in [0.25, 0.3) is 5.91 Å².